The fourth-order valence-corrected chi connectivity index (χ4v) is 6.43. The van der Waals surface area contributed by atoms with Crippen LogP contribution in [0.4, 0.5) is 4.39 Å². The Bertz CT molecular complexity index is 1180. The van der Waals surface area contributed by atoms with Crippen LogP contribution in [0.25, 0.3) is 0 Å². The summed E-state index contributed by atoms with van der Waals surface area (Å²) in [4.78, 5) is 54.8. The summed E-state index contributed by atoms with van der Waals surface area (Å²) in [6.07, 6.45) is 2.56. The molecule has 3 fully saturated rings. The van der Waals surface area contributed by atoms with Gasteiger partial charge in [0, 0.05) is 11.4 Å². The Morgan fingerprint density at radius 3 is 2.17 bits per heavy atom. The van der Waals surface area contributed by atoms with E-state index in [4.69, 9.17) is 23.2 Å². The van der Waals surface area contributed by atoms with Crippen molar-refractivity contribution < 1.29 is 23.6 Å². The number of halogens is 3. The van der Waals surface area contributed by atoms with E-state index in [1.807, 2.05) is 0 Å². The first-order chi connectivity index (χ1) is 16.8. The Hall–Kier alpha value is -2.77. The van der Waals surface area contributed by atoms with E-state index in [9.17, 15) is 23.6 Å². The van der Waals surface area contributed by atoms with E-state index >= 15 is 0 Å². The predicted molar refractivity (Wildman–Crippen MR) is 127 cm³/mol. The molecule has 2 aromatic carbocycles. The van der Waals surface area contributed by atoms with Crippen LogP contribution < -0.4 is 0 Å². The van der Waals surface area contributed by atoms with Gasteiger partial charge in [-0.3, -0.25) is 19.2 Å². The molecule has 2 saturated carbocycles. The molecule has 2 aromatic rings. The molecular weight excluding hydrogens is 494 g/mol. The minimum atomic E-state index is -1.26. The molecule has 0 N–H and O–H groups in total. The Morgan fingerprint density at radius 1 is 1.00 bits per heavy atom. The number of carbonyl (C=O) groups is 4. The predicted octanol–water partition coefficient (Wildman–Crippen LogP) is 4.75. The highest BCUT2D eigenvalue weighted by atomic mass is 35.5. The van der Waals surface area contributed by atoms with Crippen LogP contribution in [0.2, 0.25) is 5.02 Å². The van der Waals surface area contributed by atoms with Gasteiger partial charge in [-0.1, -0.05) is 23.7 Å². The smallest absolute Gasteiger partial charge is 0.275 e. The second kappa shape index (κ2) is 9.36. The van der Waals surface area contributed by atoms with Crippen LogP contribution in [0, 0.1) is 29.5 Å². The SMILES string of the molecule is O=C(c1ccc(F)cc1)[C@H](CCCl)N(C(=O)c1ccccc1Cl)N1C(=O)[C@@H]2[C@H]3CC[C@@H](C3)[C@@H]2C1=O. The summed E-state index contributed by atoms with van der Waals surface area (Å²) in [6, 6.07) is 9.89. The van der Waals surface area contributed by atoms with Crippen molar-refractivity contribution in [2.45, 2.75) is 31.7 Å². The standard InChI is InChI=1S/C26H23Cl2FN2O4/c27-12-11-20(23(32)14-7-9-17(29)10-8-14)30(24(33)18-3-1-2-4-19(18)28)31-25(34)21-15-5-6-16(13-15)22(21)26(31)35/h1-4,7-10,15-16,20-22H,5-6,11-13H2/t15-,16-,20-,21-,22+/m0/s1. The van der Waals surface area contributed by atoms with Crippen molar-refractivity contribution in [3.8, 4) is 0 Å². The van der Waals surface area contributed by atoms with Gasteiger partial charge in [-0.25, -0.2) is 9.40 Å². The summed E-state index contributed by atoms with van der Waals surface area (Å²) in [5, 5.41) is 1.96. The quantitative estimate of drug-likeness (QED) is 0.302. The summed E-state index contributed by atoms with van der Waals surface area (Å²) >= 11 is 12.3. The van der Waals surface area contributed by atoms with E-state index in [1.54, 1.807) is 12.1 Å². The third-order valence-corrected chi connectivity index (χ3v) is 8.09. The van der Waals surface area contributed by atoms with Gasteiger partial charge < -0.3 is 0 Å². The second-order valence-electron chi connectivity index (χ2n) is 9.37. The van der Waals surface area contributed by atoms with Crippen molar-refractivity contribution in [3.63, 3.8) is 0 Å². The lowest BCUT2D eigenvalue weighted by Gasteiger charge is -2.37. The summed E-state index contributed by atoms with van der Waals surface area (Å²) < 4.78 is 13.5. The molecule has 0 radical (unpaired) electrons. The molecule has 3 amide bonds. The monoisotopic (exact) mass is 516 g/mol. The molecule has 5 atom stereocenters. The highest BCUT2D eigenvalue weighted by Gasteiger charge is 2.63. The lowest BCUT2D eigenvalue weighted by molar-refractivity contribution is -0.157. The van der Waals surface area contributed by atoms with Crippen molar-refractivity contribution in [3.05, 3.63) is 70.5 Å². The first kappa shape index (κ1) is 23.9. The minimum absolute atomic E-state index is 0.0156. The molecule has 182 valence electrons. The second-order valence-corrected chi connectivity index (χ2v) is 10.2. The van der Waals surface area contributed by atoms with Gasteiger partial charge in [0.2, 0.25) is 0 Å². The number of benzene rings is 2. The van der Waals surface area contributed by atoms with Crippen LogP contribution >= 0.6 is 23.2 Å². The molecule has 1 aliphatic heterocycles. The maximum atomic E-state index is 13.9. The number of imide groups is 1. The summed E-state index contributed by atoms with van der Waals surface area (Å²) in [6.45, 7) is 0. The molecule has 0 unspecified atom stereocenters. The number of Topliss-reactive ketones (excluding diaryl/α,β-unsaturated/α-hetero) is 1. The lowest BCUT2D eigenvalue weighted by atomic mass is 9.81. The van der Waals surface area contributed by atoms with Crippen LogP contribution in [0.15, 0.2) is 48.5 Å². The van der Waals surface area contributed by atoms with Gasteiger partial charge in [0.1, 0.15) is 11.9 Å². The molecular formula is C26H23Cl2FN2O4. The molecule has 35 heavy (non-hydrogen) atoms. The maximum absolute atomic E-state index is 13.9. The number of hydrogen-bond donors (Lipinski definition) is 0. The fourth-order valence-electron chi connectivity index (χ4n) is 6.01. The number of fused-ring (bicyclic) bond motifs is 5. The molecule has 2 bridgehead atoms. The zero-order chi connectivity index (χ0) is 24.9. The zero-order valence-corrected chi connectivity index (χ0v) is 20.2. The van der Waals surface area contributed by atoms with E-state index in [-0.39, 0.29) is 40.3 Å². The Kier molecular flexibility index (Phi) is 6.40. The average molecular weight is 517 g/mol. The number of ketones is 1. The minimum Gasteiger partial charge on any atom is -0.292 e. The van der Waals surface area contributed by atoms with E-state index < -0.39 is 47.2 Å². The van der Waals surface area contributed by atoms with E-state index in [0.29, 0.717) is 0 Å². The van der Waals surface area contributed by atoms with Crippen LogP contribution in [-0.4, -0.2) is 45.4 Å². The largest absolute Gasteiger partial charge is 0.292 e. The Labute approximate surface area is 211 Å². The Balaban J connectivity index is 1.60. The highest BCUT2D eigenvalue weighted by Crippen LogP contribution is 2.56. The molecule has 0 aromatic heterocycles. The molecule has 3 aliphatic rings. The van der Waals surface area contributed by atoms with Gasteiger partial charge >= 0.3 is 0 Å². The van der Waals surface area contributed by atoms with Gasteiger partial charge in [-0.15, -0.1) is 11.6 Å². The number of carbonyl (C=O) groups excluding carboxylic acids is 4. The molecule has 1 saturated heterocycles. The maximum Gasteiger partial charge on any atom is 0.275 e. The molecule has 2 aliphatic carbocycles. The van der Waals surface area contributed by atoms with Gasteiger partial charge in [0.15, 0.2) is 5.78 Å². The van der Waals surface area contributed by atoms with Crippen molar-refractivity contribution in [1.29, 1.82) is 0 Å². The van der Waals surface area contributed by atoms with Crippen LogP contribution in [0.3, 0.4) is 0 Å². The van der Waals surface area contributed by atoms with Crippen LogP contribution in [0.1, 0.15) is 46.4 Å². The van der Waals surface area contributed by atoms with Crippen molar-refractivity contribution >= 4 is 46.7 Å². The van der Waals surface area contributed by atoms with Gasteiger partial charge in [0.05, 0.1) is 22.4 Å². The van der Waals surface area contributed by atoms with Crippen molar-refractivity contribution in [1.82, 2.24) is 10.0 Å². The topological polar surface area (TPSA) is 74.8 Å². The average Bonchev–Trinajstić information content (AvgIpc) is 3.54. The molecule has 9 heteroatoms. The number of hydrogen-bond acceptors (Lipinski definition) is 4. The summed E-state index contributed by atoms with van der Waals surface area (Å²) in [7, 11) is 0. The highest BCUT2D eigenvalue weighted by molar-refractivity contribution is 6.34. The molecule has 1 heterocycles. The van der Waals surface area contributed by atoms with Gasteiger partial charge in [-0.05, 0) is 73.9 Å². The third-order valence-electron chi connectivity index (χ3n) is 7.54. The first-order valence-corrected chi connectivity index (χ1v) is 12.6. The third kappa shape index (κ3) is 3.95. The molecule has 5 rings (SSSR count). The van der Waals surface area contributed by atoms with Gasteiger partial charge in [0.25, 0.3) is 17.7 Å². The van der Waals surface area contributed by atoms with Crippen molar-refractivity contribution in [2.75, 3.05) is 5.88 Å². The van der Waals surface area contributed by atoms with Crippen molar-refractivity contribution in [2.24, 2.45) is 23.7 Å². The van der Waals surface area contributed by atoms with Crippen LogP contribution in [0.5, 0.6) is 0 Å². The summed E-state index contributed by atoms with van der Waals surface area (Å²) in [5.41, 5.74) is 0.194. The first-order valence-electron chi connectivity index (χ1n) is 11.6. The van der Waals surface area contributed by atoms with E-state index in [0.717, 1.165) is 41.4 Å². The lowest BCUT2D eigenvalue weighted by Crippen LogP contribution is -2.58. The Morgan fingerprint density at radius 2 is 1.60 bits per heavy atom. The fraction of sp³-hybridized carbons (Fsp3) is 0.385. The number of alkyl halides is 1. The number of rotatable bonds is 7. The van der Waals surface area contributed by atoms with E-state index in [1.165, 1.54) is 24.3 Å². The molecule has 6 nitrogen and oxygen atoms in total. The molecule has 0 spiro atoms. The number of amides is 3. The van der Waals surface area contributed by atoms with E-state index in [2.05, 4.69) is 0 Å². The number of nitrogens with zero attached hydrogens (tertiary/aromatic N) is 2. The summed E-state index contributed by atoms with van der Waals surface area (Å²) in [5.74, 6) is -3.52. The van der Waals surface area contributed by atoms with Gasteiger partial charge in [-0.2, -0.15) is 5.01 Å². The normalized spacial score (nSPS) is 25.6. The van der Waals surface area contributed by atoms with Crippen LogP contribution in [-0.2, 0) is 9.59 Å². The zero-order valence-electron chi connectivity index (χ0n) is 18.7. The number of hydrazine groups is 1.